The Balaban J connectivity index is 1.80. The van der Waals surface area contributed by atoms with Crippen LogP contribution in [0.4, 0.5) is 0 Å². The molecule has 3 aromatic heterocycles. The van der Waals surface area contributed by atoms with Crippen LogP contribution in [0.5, 0.6) is 0 Å². The van der Waals surface area contributed by atoms with E-state index in [1.54, 1.807) is 6.20 Å². The number of carbonyl (C=O) groups is 2. The Labute approximate surface area is 180 Å². The Morgan fingerprint density at radius 2 is 2.00 bits per heavy atom. The average molecular weight is 446 g/mol. The van der Waals surface area contributed by atoms with Gasteiger partial charge in [0.05, 0.1) is 11.9 Å². The molecular weight excluding hydrogens is 418 g/mol. The van der Waals surface area contributed by atoms with Gasteiger partial charge in [0.15, 0.2) is 0 Å². The summed E-state index contributed by atoms with van der Waals surface area (Å²) >= 11 is 0. The maximum Gasteiger partial charge on any atom is 0.328 e. The third kappa shape index (κ3) is 5.76. The van der Waals surface area contributed by atoms with Crippen LogP contribution in [0.15, 0.2) is 31.0 Å². The second kappa shape index (κ2) is 9.39. The molecule has 0 bridgehead atoms. The van der Waals surface area contributed by atoms with Crippen molar-refractivity contribution in [1.82, 2.24) is 24.3 Å². The van der Waals surface area contributed by atoms with E-state index in [2.05, 4.69) is 34.7 Å². The topological polar surface area (TPSA) is 132 Å². The number of nitrogens with zero attached hydrogens (tertiary/aromatic N) is 5. The summed E-state index contributed by atoms with van der Waals surface area (Å²) in [6.45, 7) is 8.00. The summed E-state index contributed by atoms with van der Waals surface area (Å²) in [4.78, 5) is 31.1. The molecule has 166 valence electrons. The van der Waals surface area contributed by atoms with Crippen molar-refractivity contribution in [3.63, 3.8) is 0 Å². The van der Waals surface area contributed by atoms with Gasteiger partial charge in [0.25, 0.3) is 0 Å². The number of hydrogen-bond acceptors (Lipinski definition) is 6. The summed E-state index contributed by atoms with van der Waals surface area (Å²) in [5.41, 5.74) is 1.97. The molecular formula is C20H27N5O5Si. The minimum Gasteiger partial charge on any atom is -0.481 e. The van der Waals surface area contributed by atoms with Crippen molar-refractivity contribution in [2.75, 3.05) is 6.61 Å². The third-order valence-electron chi connectivity index (χ3n) is 4.89. The Kier molecular flexibility index (Phi) is 6.86. The smallest absolute Gasteiger partial charge is 0.328 e. The number of fused-ring (bicyclic) bond motifs is 1. The fourth-order valence-corrected chi connectivity index (χ4v) is 3.90. The normalized spacial score (nSPS) is 12.9. The Morgan fingerprint density at radius 3 is 2.68 bits per heavy atom. The fourth-order valence-electron chi connectivity index (χ4n) is 3.14. The van der Waals surface area contributed by atoms with Crippen LogP contribution in [0, 0.1) is 0 Å². The predicted molar refractivity (Wildman–Crippen MR) is 116 cm³/mol. The lowest BCUT2D eigenvalue weighted by Gasteiger charge is -2.15. The third-order valence-corrected chi connectivity index (χ3v) is 6.60. The van der Waals surface area contributed by atoms with Crippen LogP contribution in [0.25, 0.3) is 22.3 Å². The Bertz CT molecular complexity index is 1070. The highest BCUT2D eigenvalue weighted by Gasteiger charge is 2.22. The lowest BCUT2D eigenvalue weighted by Crippen LogP contribution is -2.22. The number of carboxylic acids is 2. The van der Waals surface area contributed by atoms with Crippen LogP contribution in [0.1, 0.15) is 18.9 Å². The number of carboxylic acid groups (broad SMARTS) is 2. The number of aliphatic carboxylic acids is 2. The predicted octanol–water partition coefficient (Wildman–Crippen LogP) is 3.10. The molecule has 0 saturated carbocycles. The molecule has 3 aromatic rings. The molecule has 11 heteroatoms. The molecule has 3 heterocycles. The first-order chi connectivity index (χ1) is 14.7. The summed E-state index contributed by atoms with van der Waals surface area (Å²) in [7, 11) is -1.16. The van der Waals surface area contributed by atoms with Gasteiger partial charge in [-0.05, 0) is 18.5 Å². The first-order valence-corrected chi connectivity index (χ1v) is 13.7. The van der Waals surface area contributed by atoms with Gasteiger partial charge in [0.2, 0.25) is 0 Å². The van der Waals surface area contributed by atoms with Crippen LogP contribution in [-0.4, -0.2) is 61.1 Å². The van der Waals surface area contributed by atoms with E-state index in [4.69, 9.17) is 9.84 Å². The lowest BCUT2D eigenvalue weighted by molar-refractivity contribution is -0.142. The molecule has 10 nitrogen and oxygen atoms in total. The first kappa shape index (κ1) is 22.6. The highest BCUT2D eigenvalue weighted by Crippen LogP contribution is 2.27. The zero-order valence-electron chi connectivity index (χ0n) is 17.9. The highest BCUT2D eigenvalue weighted by molar-refractivity contribution is 6.76. The van der Waals surface area contributed by atoms with Crippen molar-refractivity contribution in [2.45, 2.75) is 51.3 Å². The molecule has 1 unspecified atom stereocenters. The van der Waals surface area contributed by atoms with Crippen molar-refractivity contribution >= 4 is 31.0 Å². The molecule has 0 spiro atoms. The molecule has 31 heavy (non-hydrogen) atoms. The van der Waals surface area contributed by atoms with Crippen molar-refractivity contribution in [3.05, 3.63) is 31.0 Å². The maximum atomic E-state index is 11.6. The summed E-state index contributed by atoms with van der Waals surface area (Å²) in [6, 6.07) is 1.91. The number of aromatic nitrogens is 5. The maximum absolute atomic E-state index is 11.6. The lowest BCUT2D eigenvalue weighted by atomic mass is 10.1. The molecule has 2 N–H and O–H groups in total. The summed E-state index contributed by atoms with van der Waals surface area (Å²) in [5, 5.41) is 23.3. The van der Waals surface area contributed by atoms with Crippen molar-refractivity contribution in [2.24, 2.45) is 0 Å². The zero-order valence-corrected chi connectivity index (χ0v) is 18.9. The van der Waals surface area contributed by atoms with E-state index in [0.717, 1.165) is 11.4 Å². The molecule has 0 aliphatic heterocycles. The van der Waals surface area contributed by atoms with Gasteiger partial charge in [-0.2, -0.15) is 5.10 Å². The molecule has 0 saturated heterocycles. The van der Waals surface area contributed by atoms with Gasteiger partial charge in [-0.25, -0.2) is 14.8 Å². The van der Waals surface area contributed by atoms with Gasteiger partial charge in [-0.15, -0.1) is 0 Å². The van der Waals surface area contributed by atoms with E-state index >= 15 is 0 Å². The quantitative estimate of drug-likeness (QED) is 0.340. The minimum atomic E-state index is -1.16. The SMILES string of the molecule is C[Si](C)(C)CCOCn1ccc2c(-c3cnn(C(CCC(=O)O)C(=O)O)c3)ncnc21. The van der Waals surface area contributed by atoms with E-state index in [-0.39, 0.29) is 12.8 Å². The van der Waals surface area contributed by atoms with E-state index < -0.39 is 26.1 Å². The van der Waals surface area contributed by atoms with Gasteiger partial charge in [0.1, 0.15) is 24.7 Å². The summed E-state index contributed by atoms with van der Waals surface area (Å²) in [6.07, 6.45) is 6.12. The number of ether oxygens (including phenoxy) is 1. The fraction of sp³-hybridized carbons (Fsp3) is 0.450. The summed E-state index contributed by atoms with van der Waals surface area (Å²) in [5.74, 6) is -2.19. The zero-order chi connectivity index (χ0) is 22.6. The highest BCUT2D eigenvalue weighted by atomic mass is 28.3. The van der Waals surface area contributed by atoms with Gasteiger partial charge in [0, 0.05) is 44.4 Å². The standard InChI is InChI=1S/C20H27N5O5Si/c1-31(2,3)9-8-30-13-24-7-6-15-18(21-12-22-19(15)24)14-10-23-25(11-14)16(20(28)29)4-5-17(26)27/h6-7,10-12,16H,4-5,8-9,13H2,1-3H3,(H,26,27)(H,28,29). The van der Waals surface area contributed by atoms with Gasteiger partial charge in [-0.1, -0.05) is 19.6 Å². The van der Waals surface area contributed by atoms with Crippen molar-refractivity contribution in [1.29, 1.82) is 0 Å². The monoisotopic (exact) mass is 445 g/mol. The second-order valence-corrected chi connectivity index (χ2v) is 14.2. The Morgan fingerprint density at radius 1 is 1.23 bits per heavy atom. The number of hydrogen-bond donors (Lipinski definition) is 2. The van der Waals surface area contributed by atoms with Crippen LogP contribution in [0.3, 0.4) is 0 Å². The second-order valence-electron chi connectivity index (χ2n) is 8.59. The van der Waals surface area contributed by atoms with Gasteiger partial charge >= 0.3 is 11.9 Å². The largest absolute Gasteiger partial charge is 0.481 e. The molecule has 0 fully saturated rings. The van der Waals surface area contributed by atoms with E-state index in [0.29, 0.717) is 30.2 Å². The molecule has 0 amide bonds. The van der Waals surface area contributed by atoms with Crippen LogP contribution in [0.2, 0.25) is 25.7 Å². The summed E-state index contributed by atoms with van der Waals surface area (Å²) < 4.78 is 9.00. The Hall–Kier alpha value is -3.05. The van der Waals surface area contributed by atoms with E-state index in [1.807, 2.05) is 16.8 Å². The van der Waals surface area contributed by atoms with Crippen LogP contribution in [-0.2, 0) is 21.1 Å². The number of rotatable bonds is 11. The molecule has 0 aliphatic carbocycles. The van der Waals surface area contributed by atoms with Gasteiger partial charge < -0.3 is 19.5 Å². The molecule has 0 aromatic carbocycles. The van der Waals surface area contributed by atoms with Crippen LogP contribution < -0.4 is 0 Å². The molecule has 0 aliphatic rings. The first-order valence-electron chi connectivity index (χ1n) is 10.0. The van der Waals surface area contributed by atoms with Gasteiger partial charge in [-0.3, -0.25) is 9.48 Å². The molecule has 3 rings (SSSR count). The van der Waals surface area contributed by atoms with E-state index in [1.165, 1.54) is 17.2 Å². The molecule has 1 atom stereocenters. The van der Waals surface area contributed by atoms with Crippen LogP contribution >= 0.6 is 0 Å². The van der Waals surface area contributed by atoms with Crippen molar-refractivity contribution in [3.8, 4) is 11.3 Å². The average Bonchev–Trinajstić information content (AvgIpc) is 3.31. The van der Waals surface area contributed by atoms with E-state index in [9.17, 15) is 14.7 Å². The van der Waals surface area contributed by atoms with Crippen molar-refractivity contribution < 1.29 is 24.5 Å². The minimum absolute atomic E-state index is 0.0594. The molecule has 0 radical (unpaired) electrons.